The highest BCUT2D eigenvalue weighted by Crippen LogP contribution is 2.39. The molecule has 0 unspecified atom stereocenters. The number of aliphatic hydroxyl groups excluding tert-OH is 2. The molecule has 2 fully saturated rings. The molecule has 2 aliphatic rings. The number of benzene rings is 2. The summed E-state index contributed by atoms with van der Waals surface area (Å²) in [7, 11) is 0. The van der Waals surface area contributed by atoms with Gasteiger partial charge in [-0.1, -0.05) is 67.6 Å². The van der Waals surface area contributed by atoms with E-state index < -0.39 is 24.5 Å². The number of aromatic nitrogens is 7. The first kappa shape index (κ1) is 31.1. The molecule has 5 aromatic rings. The molecule has 0 radical (unpaired) electrons. The van der Waals surface area contributed by atoms with E-state index in [0.717, 1.165) is 32.8 Å². The number of nitrogens with one attached hydrogen (secondary N) is 3. The summed E-state index contributed by atoms with van der Waals surface area (Å²) >= 11 is 0. The number of H-pyrrole nitrogens is 1. The number of aliphatic hydroxyl groups is 2. The van der Waals surface area contributed by atoms with Gasteiger partial charge in [0.2, 0.25) is 5.95 Å². The van der Waals surface area contributed by atoms with Crippen molar-refractivity contribution < 1.29 is 19.7 Å². The Labute approximate surface area is 272 Å². The fourth-order valence-electron chi connectivity index (χ4n) is 6.15. The van der Waals surface area contributed by atoms with Gasteiger partial charge in [0.25, 0.3) is 0 Å². The molecule has 2 saturated heterocycles. The Morgan fingerprint density at radius 2 is 1.66 bits per heavy atom. The zero-order valence-electron chi connectivity index (χ0n) is 26.2. The fraction of sp³-hybridized carbons (Fsp3) is 0.424. The molecule has 0 saturated carbocycles. The molecular weight excluding hydrogens is 600 g/mol. The molecule has 7 rings (SSSR count). The molecule has 2 aromatic carbocycles. The minimum atomic E-state index is -1.27. The van der Waals surface area contributed by atoms with Crippen LogP contribution in [-0.2, 0) is 15.9 Å². The Balaban J connectivity index is 1.19. The number of morpholine rings is 1. The molecule has 246 valence electrons. The summed E-state index contributed by atoms with van der Waals surface area (Å²) < 4.78 is 13.3. The number of hydrogen-bond donors (Lipinski definition) is 5. The molecule has 4 atom stereocenters. The van der Waals surface area contributed by atoms with Crippen molar-refractivity contribution in [1.29, 1.82) is 0 Å². The van der Waals surface area contributed by atoms with Crippen LogP contribution in [0.5, 0.6) is 0 Å². The van der Waals surface area contributed by atoms with Crippen LogP contribution in [0, 0.1) is 0 Å². The first-order valence-electron chi connectivity index (χ1n) is 16.1. The minimum absolute atomic E-state index is 0.0486. The smallest absolute Gasteiger partial charge is 0.226 e. The molecule has 5 N–H and O–H groups in total. The normalized spacial score (nSPS) is 21.9. The van der Waals surface area contributed by atoms with Crippen LogP contribution in [0.4, 0.5) is 11.8 Å². The molecule has 5 heterocycles. The van der Waals surface area contributed by atoms with Crippen LogP contribution in [0.3, 0.4) is 0 Å². The number of rotatable bonds is 12. The third kappa shape index (κ3) is 6.68. The van der Waals surface area contributed by atoms with Crippen LogP contribution >= 0.6 is 0 Å². The number of nitrogens with zero attached hydrogens (tertiary/aromatic N) is 7. The average molecular weight is 641 g/mol. The Bertz CT molecular complexity index is 1710. The molecule has 14 heteroatoms. The summed E-state index contributed by atoms with van der Waals surface area (Å²) in [6, 6.07) is 20.7. The van der Waals surface area contributed by atoms with Crippen molar-refractivity contribution in [2.24, 2.45) is 0 Å². The highest BCUT2D eigenvalue weighted by molar-refractivity contribution is 5.84. The topological polar surface area (TPSA) is 171 Å². The fourth-order valence-corrected chi connectivity index (χ4v) is 6.15. The van der Waals surface area contributed by atoms with E-state index >= 15 is 0 Å². The van der Waals surface area contributed by atoms with Crippen LogP contribution in [-0.4, -0.2) is 108 Å². The SMILES string of the molecule is CCc1nc([C@H]2O[C@@H](n3cnc4c(NCC(c5ccccc5)c5ccccc5)nc(NCCN5CCOCC5)nc43)[C@H](O)[C@@H]2O)n[nH]1. The molecule has 0 amide bonds. The lowest BCUT2D eigenvalue weighted by Crippen LogP contribution is -2.39. The lowest BCUT2D eigenvalue weighted by Gasteiger charge is -2.26. The molecule has 0 bridgehead atoms. The predicted octanol–water partition coefficient (Wildman–Crippen LogP) is 2.49. The van der Waals surface area contributed by atoms with Crippen molar-refractivity contribution in [1.82, 2.24) is 39.6 Å². The van der Waals surface area contributed by atoms with Gasteiger partial charge in [0.15, 0.2) is 35.1 Å². The van der Waals surface area contributed by atoms with Crippen molar-refractivity contribution in [3.63, 3.8) is 0 Å². The molecule has 0 aliphatic carbocycles. The first-order chi connectivity index (χ1) is 23.1. The van der Waals surface area contributed by atoms with Gasteiger partial charge in [-0.3, -0.25) is 14.6 Å². The third-order valence-electron chi connectivity index (χ3n) is 8.76. The standard InChI is InChI=1S/C33H40N10O4/c1-2-24-37-30(41-40-24)28-26(44)27(45)32(47-28)43-20-36-25-29(38-33(39-31(25)43)34-13-14-42-15-17-46-18-16-42)35-19-23(21-9-5-3-6-10-21)22-11-7-4-8-12-22/h3-12,20,23,26-28,32,44-45H,2,13-19H2,1H3,(H,37,40,41)(H2,34,35,38,39)/t26-,27+,28-,32+/m0/s1. The number of ether oxygens (including phenoxy) is 2. The molecule has 2 aliphatic heterocycles. The highest BCUT2D eigenvalue weighted by Gasteiger charge is 2.47. The van der Waals surface area contributed by atoms with Gasteiger partial charge in [0.1, 0.15) is 18.0 Å². The molecule has 47 heavy (non-hydrogen) atoms. The van der Waals surface area contributed by atoms with E-state index in [1.165, 1.54) is 11.1 Å². The summed E-state index contributed by atoms with van der Waals surface area (Å²) in [6.45, 7) is 7.15. The van der Waals surface area contributed by atoms with Gasteiger partial charge in [-0.25, -0.2) is 9.97 Å². The quantitative estimate of drug-likeness (QED) is 0.135. The zero-order chi connectivity index (χ0) is 32.2. The lowest BCUT2D eigenvalue weighted by molar-refractivity contribution is -0.0382. The number of anilines is 2. The van der Waals surface area contributed by atoms with Crippen molar-refractivity contribution in [2.75, 3.05) is 56.6 Å². The Kier molecular flexibility index (Phi) is 9.35. The minimum Gasteiger partial charge on any atom is -0.387 e. The Hall–Kier alpha value is -4.47. The van der Waals surface area contributed by atoms with E-state index in [1.54, 1.807) is 10.9 Å². The molecule has 3 aromatic heterocycles. The number of aromatic amines is 1. The van der Waals surface area contributed by atoms with Gasteiger partial charge < -0.3 is 30.3 Å². The van der Waals surface area contributed by atoms with Gasteiger partial charge in [0.05, 0.1) is 19.5 Å². The predicted molar refractivity (Wildman–Crippen MR) is 175 cm³/mol. The molecule has 0 spiro atoms. The second-order valence-electron chi connectivity index (χ2n) is 11.8. The van der Waals surface area contributed by atoms with Gasteiger partial charge in [-0.05, 0) is 11.1 Å². The van der Waals surface area contributed by atoms with Gasteiger partial charge in [-0.15, -0.1) is 0 Å². The summed E-state index contributed by atoms with van der Waals surface area (Å²) in [6.07, 6.45) is -2.21. The maximum Gasteiger partial charge on any atom is 0.226 e. The average Bonchev–Trinajstić information content (AvgIpc) is 3.84. The maximum absolute atomic E-state index is 11.2. The van der Waals surface area contributed by atoms with E-state index in [9.17, 15) is 10.2 Å². The number of aryl methyl sites for hydroxylation is 1. The largest absolute Gasteiger partial charge is 0.387 e. The monoisotopic (exact) mass is 640 g/mol. The second kappa shape index (κ2) is 14.1. The van der Waals surface area contributed by atoms with Crippen molar-refractivity contribution in [3.05, 3.63) is 89.8 Å². The van der Waals surface area contributed by atoms with Crippen molar-refractivity contribution >= 4 is 22.9 Å². The summed E-state index contributed by atoms with van der Waals surface area (Å²) in [4.78, 5) is 21.1. The van der Waals surface area contributed by atoms with E-state index in [-0.39, 0.29) is 11.7 Å². The van der Waals surface area contributed by atoms with Crippen molar-refractivity contribution in [2.45, 2.75) is 43.8 Å². The number of fused-ring (bicyclic) bond motifs is 1. The van der Waals surface area contributed by atoms with E-state index in [2.05, 4.69) is 60.0 Å². The van der Waals surface area contributed by atoms with Crippen LogP contribution in [0.1, 0.15) is 47.9 Å². The second-order valence-corrected chi connectivity index (χ2v) is 11.8. The first-order valence-corrected chi connectivity index (χ1v) is 16.1. The van der Waals surface area contributed by atoms with Gasteiger partial charge in [-0.2, -0.15) is 15.1 Å². The molecule has 14 nitrogen and oxygen atoms in total. The number of imidazole rings is 1. The Morgan fingerprint density at radius 1 is 0.936 bits per heavy atom. The van der Waals surface area contributed by atoms with E-state index in [4.69, 9.17) is 19.4 Å². The molecular formula is C33H40N10O4. The highest BCUT2D eigenvalue weighted by atomic mass is 16.6. The summed E-state index contributed by atoms with van der Waals surface area (Å²) in [5.41, 5.74) is 3.31. The summed E-state index contributed by atoms with van der Waals surface area (Å²) in [5.74, 6) is 1.97. The number of hydrogen-bond acceptors (Lipinski definition) is 12. The van der Waals surface area contributed by atoms with Crippen LogP contribution in [0.25, 0.3) is 11.2 Å². The third-order valence-corrected chi connectivity index (χ3v) is 8.76. The van der Waals surface area contributed by atoms with Crippen LogP contribution in [0.2, 0.25) is 0 Å². The maximum atomic E-state index is 11.2. The van der Waals surface area contributed by atoms with Crippen molar-refractivity contribution in [3.8, 4) is 0 Å². The van der Waals surface area contributed by atoms with Crippen LogP contribution in [0.15, 0.2) is 67.0 Å². The Morgan fingerprint density at radius 3 is 2.34 bits per heavy atom. The van der Waals surface area contributed by atoms with Gasteiger partial charge >= 0.3 is 0 Å². The van der Waals surface area contributed by atoms with Gasteiger partial charge in [0, 0.05) is 45.1 Å². The van der Waals surface area contributed by atoms with E-state index in [0.29, 0.717) is 48.3 Å². The summed E-state index contributed by atoms with van der Waals surface area (Å²) in [5, 5.41) is 36.1. The van der Waals surface area contributed by atoms with E-state index in [1.807, 2.05) is 43.3 Å². The lowest BCUT2D eigenvalue weighted by atomic mass is 9.91. The van der Waals surface area contributed by atoms with Crippen LogP contribution < -0.4 is 10.6 Å². The zero-order valence-corrected chi connectivity index (χ0v) is 26.2.